The monoisotopic (exact) mass is 1690 g/mol. The molecule has 17 rings (SSSR count). The second-order valence-corrected chi connectivity index (χ2v) is 34.1. The number of carbonyl (C=O) groups excluding carboxylic acids is 9. The van der Waals surface area contributed by atoms with Gasteiger partial charge >= 0.3 is 0 Å². The number of fused-ring (bicyclic) bond motifs is 15. The number of aryl methyl sites for hydroxylation is 1. The number of nitrogens with one attached hydrogen (secondary N) is 9. The Morgan fingerprint density at radius 2 is 1.29 bits per heavy atom. The number of amides is 9. The summed E-state index contributed by atoms with van der Waals surface area (Å²) in [7, 11) is 1.48. The number of aliphatic hydroxyl groups excluding tert-OH is 6. The van der Waals surface area contributed by atoms with Crippen molar-refractivity contribution in [2.24, 2.45) is 41.2 Å². The van der Waals surface area contributed by atoms with Gasteiger partial charge in [0.1, 0.15) is 95.2 Å². The molecule has 0 aromatic heterocycles. The summed E-state index contributed by atoms with van der Waals surface area (Å²) in [6, 6.07) is 5.61. The highest BCUT2D eigenvalue weighted by Gasteiger charge is 2.53. The number of phenols is 3. The maximum absolute atomic E-state index is 16.6. The summed E-state index contributed by atoms with van der Waals surface area (Å²) in [6.45, 7) is 9.47. The third-order valence-corrected chi connectivity index (χ3v) is 24.8. The average molecular weight is 1690 g/mol. The predicted octanol–water partition coefficient (Wildman–Crippen LogP) is 3.76. The first kappa shape index (κ1) is 86.6. The number of benzene rings is 6. The second kappa shape index (κ2) is 35.4. The molecular formula is C86H101ClN10O24. The lowest BCUT2D eigenvalue weighted by Gasteiger charge is -2.54. The highest BCUT2D eigenvalue weighted by atomic mass is 35.5. The molecular weight excluding hydrogens is 1590 g/mol. The van der Waals surface area contributed by atoms with Crippen molar-refractivity contribution in [3.05, 3.63) is 147 Å². The number of halogens is 1. The standard InChI is InChI=1S/C86H101ClN10O24/c1-8-116-49-14-9-40(10-15-49)77(107)97-85(115)69-84(114)92-65-46-28-58(118-56-17-12-42(20-36(56)4)70(102)67(83(113)96-69)94-78(108)53(89-7)19-35(2)3)74(120-60-30-47(34-98)72(104)73(105)75(60)121-61-33-86(6,88)76(106)37(5)117-61)59(29-46)119-57-18-13-43(27-52(57)87)71(103)68-82(112)93-66(81(111)90-63-44-22-38-21-39(24-44)25-45(63)23-38)51-31-48(99)32-55(101)62(51)50-26-41(11-16-54(50)100)64(79(109)95-68)91-80(65)110/h9-18,20,26-29,31-32,35,37-39,44-45,47,53,60-61,63-73,75-76,89,98-106H,8,19,21-25,30,33-34,88H2,1-7H3,(H,90,111)(H,91,110)(H,92,114)(H,93,112)(H,94,108)(H,95,109)(H,96,113)(H,97,107,115)/t37-,38?,39?,44?,45?,47+,53+,60+,61-,63?,64+,65+,66-,67+,68-,69?,70+,71+,72+,73-,75-,76+,86-/m0/s1. The van der Waals surface area contributed by atoms with Gasteiger partial charge in [-0.1, -0.05) is 43.6 Å². The molecule has 646 valence electrons. The minimum atomic E-state index is -2.70. The summed E-state index contributed by atoms with van der Waals surface area (Å²) >= 11 is 7.31. The van der Waals surface area contributed by atoms with E-state index in [2.05, 4.69) is 47.9 Å². The number of hydrogen-bond donors (Lipinski definition) is 19. The molecule has 11 aliphatic rings. The van der Waals surface area contributed by atoms with Gasteiger partial charge < -0.3 is 123 Å². The van der Waals surface area contributed by atoms with Crippen molar-refractivity contribution >= 4 is 64.8 Å². The molecule has 121 heavy (non-hydrogen) atoms. The van der Waals surface area contributed by atoms with Gasteiger partial charge in [-0.2, -0.15) is 0 Å². The van der Waals surface area contributed by atoms with Crippen molar-refractivity contribution in [3.8, 4) is 62.9 Å². The van der Waals surface area contributed by atoms with Gasteiger partial charge in [0, 0.05) is 53.3 Å². The Morgan fingerprint density at radius 3 is 1.93 bits per heavy atom. The van der Waals surface area contributed by atoms with Crippen molar-refractivity contribution in [1.29, 1.82) is 0 Å². The quantitative estimate of drug-likeness (QED) is 0.0484. The highest BCUT2D eigenvalue weighted by molar-refractivity contribution is 6.32. The van der Waals surface area contributed by atoms with Crippen LogP contribution in [0.25, 0.3) is 11.1 Å². The van der Waals surface area contributed by atoms with Gasteiger partial charge in [0.2, 0.25) is 41.2 Å². The molecule has 5 saturated carbocycles. The molecule has 5 aliphatic carbocycles. The van der Waals surface area contributed by atoms with Crippen LogP contribution in [0.4, 0.5) is 0 Å². The van der Waals surface area contributed by atoms with Crippen LogP contribution in [-0.4, -0.2) is 198 Å². The Hall–Kier alpha value is -10.8. The Labute approximate surface area is 700 Å². The first-order chi connectivity index (χ1) is 57.6. The van der Waals surface area contributed by atoms with Crippen molar-refractivity contribution in [2.45, 2.75) is 202 Å². The van der Waals surface area contributed by atoms with E-state index in [1.165, 1.54) is 75.5 Å². The number of imide groups is 1. The van der Waals surface area contributed by atoms with E-state index in [1.807, 2.05) is 13.8 Å². The topological polar surface area (TPSA) is 525 Å². The maximum Gasteiger partial charge on any atom is 0.259 e. The van der Waals surface area contributed by atoms with Crippen LogP contribution in [-0.2, 0) is 47.8 Å². The van der Waals surface area contributed by atoms with Crippen LogP contribution in [0, 0.1) is 42.4 Å². The number of likely N-dealkylation sites (N-methyl/N-ethyl adjacent to an activating group) is 1. The Morgan fingerprint density at radius 1 is 0.661 bits per heavy atom. The SMILES string of the molecule is CCOc1ccc(C(=O)NC(=O)C2NC(=O)[C@H](NC(=O)[C@@H](CC(C)C)NC)[C@H](O)c3ccc(c(C)c3)Oc3cc4cc(c3O[C@@H]3C[C@H](CO)[C@@H](O)[C@H](O)[C@H]3O[C@H]3C[C@](C)(N)[C@H](O)[C@H](C)O3)Oc3ccc(cc3Cl)[C@@H](O)[C@@H]3NC(=O)[C@H](NC(=O)[C@@H]4NC2=O)c2ccc(O)c(c2)-c2c(O)cc(O)cc2[C@@H](C(=O)NC2C4CC5CC(C4)CC2C5)NC3=O)cc1. The number of aromatic hydroxyl groups is 3. The summed E-state index contributed by atoms with van der Waals surface area (Å²) in [6.07, 6.45) is -10.5. The summed E-state index contributed by atoms with van der Waals surface area (Å²) in [5, 5.41) is 130. The summed E-state index contributed by atoms with van der Waals surface area (Å²) in [5.41, 5.74) is 3.18. The Bertz CT molecular complexity index is 4990. The molecule has 6 aliphatic heterocycles. The normalized spacial score (nSPS) is 30.9. The van der Waals surface area contributed by atoms with Crippen LogP contribution >= 0.6 is 11.6 Å². The largest absolute Gasteiger partial charge is 0.508 e. The molecule has 1 unspecified atom stereocenters. The van der Waals surface area contributed by atoms with Gasteiger partial charge in [-0.15, -0.1) is 0 Å². The van der Waals surface area contributed by atoms with Crippen molar-refractivity contribution in [2.75, 3.05) is 20.3 Å². The molecule has 18 atom stereocenters. The van der Waals surface area contributed by atoms with Crippen molar-refractivity contribution in [3.63, 3.8) is 0 Å². The first-order valence-corrected chi connectivity index (χ1v) is 40.9. The van der Waals surface area contributed by atoms with Crippen LogP contribution < -0.4 is 72.5 Å². The minimum absolute atomic E-state index is 0.0623. The molecule has 0 radical (unpaired) electrons. The Kier molecular flexibility index (Phi) is 25.3. The van der Waals surface area contributed by atoms with E-state index in [0.29, 0.717) is 17.6 Å². The molecule has 9 amide bonds. The molecule has 15 bridgehead atoms. The lowest BCUT2D eigenvalue weighted by Crippen LogP contribution is -2.63. The third kappa shape index (κ3) is 18.0. The van der Waals surface area contributed by atoms with E-state index in [1.54, 1.807) is 13.8 Å². The summed E-state index contributed by atoms with van der Waals surface area (Å²) < 4.78 is 39.0. The predicted molar refractivity (Wildman–Crippen MR) is 430 cm³/mol. The van der Waals surface area contributed by atoms with E-state index in [0.717, 1.165) is 80.6 Å². The third-order valence-electron chi connectivity index (χ3n) is 24.5. The Balaban J connectivity index is 0.978. The number of nitrogens with two attached hydrogens (primary N) is 1. The van der Waals surface area contributed by atoms with E-state index >= 15 is 33.6 Å². The molecule has 34 nitrogen and oxygen atoms in total. The van der Waals surface area contributed by atoms with Crippen molar-refractivity contribution < 1.29 is 118 Å². The number of hydrogen-bond acceptors (Lipinski definition) is 26. The molecule has 6 aromatic carbocycles. The van der Waals surface area contributed by atoms with Gasteiger partial charge in [0.05, 0.1) is 36.0 Å². The van der Waals surface area contributed by atoms with E-state index in [4.69, 9.17) is 45.8 Å². The van der Waals surface area contributed by atoms with Gasteiger partial charge in [-0.05, 0) is 222 Å². The van der Waals surface area contributed by atoms with Crippen LogP contribution in [0.5, 0.6) is 51.7 Å². The zero-order valence-electron chi connectivity index (χ0n) is 67.3. The molecule has 20 N–H and O–H groups in total. The van der Waals surface area contributed by atoms with E-state index < -0.39 is 209 Å². The van der Waals surface area contributed by atoms with Crippen LogP contribution in [0.1, 0.15) is 160 Å². The molecule has 0 spiro atoms. The number of ether oxygens (including phenoxy) is 6. The average Bonchev–Trinajstić information content (AvgIpc) is 0.757. The fourth-order valence-electron chi connectivity index (χ4n) is 18.5. The zero-order chi connectivity index (χ0) is 86.6. The summed E-state index contributed by atoms with van der Waals surface area (Å²) in [5.74, 6) is -15.5. The minimum Gasteiger partial charge on any atom is -0.508 e. The van der Waals surface area contributed by atoms with Crippen molar-refractivity contribution in [1.82, 2.24) is 47.9 Å². The van der Waals surface area contributed by atoms with Gasteiger partial charge in [0.25, 0.3) is 17.7 Å². The van der Waals surface area contributed by atoms with Crippen LogP contribution in [0.2, 0.25) is 5.02 Å². The number of carbonyl (C=O) groups is 9. The molecule has 6 aromatic rings. The molecule has 35 heteroatoms. The molecule has 6 fully saturated rings. The molecule has 6 heterocycles. The van der Waals surface area contributed by atoms with Gasteiger partial charge in [-0.25, -0.2) is 0 Å². The number of phenolic OH excluding ortho intramolecular Hbond substituents is 3. The van der Waals surface area contributed by atoms with Crippen LogP contribution in [0.15, 0.2) is 103 Å². The van der Waals surface area contributed by atoms with E-state index in [9.17, 15) is 55.5 Å². The number of aliphatic hydroxyl groups is 6. The lowest BCUT2D eigenvalue weighted by atomic mass is 9.54. The second-order valence-electron chi connectivity index (χ2n) is 33.7. The fourth-order valence-corrected chi connectivity index (χ4v) is 18.7. The first-order valence-electron chi connectivity index (χ1n) is 40.6. The van der Waals surface area contributed by atoms with Crippen LogP contribution in [0.3, 0.4) is 0 Å². The van der Waals surface area contributed by atoms with E-state index in [-0.39, 0.29) is 111 Å². The fraction of sp³-hybridized carbons (Fsp3) is 0.477. The highest BCUT2D eigenvalue weighted by Crippen LogP contribution is 2.55. The smallest absolute Gasteiger partial charge is 0.259 e. The van der Waals surface area contributed by atoms with Gasteiger partial charge in [-0.3, -0.25) is 48.5 Å². The lowest BCUT2D eigenvalue weighted by molar-refractivity contribution is -0.286. The summed E-state index contributed by atoms with van der Waals surface area (Å²) in [4.78, 5) is 140. The molecule has 1 saturated heterocycles. The maximum atomic E-state index is 16.6. The zero-order valence-corrected chi connectivity index (χ0v) is 68.0. The van der Waals surface area contributed by atoms with Gasteiger partial charge in [0.15, 0.2) is 23.8 Å². The number of rotatable bonds is 16.